The molecule has 0 saturated carbocycles. The first-order valence-corrected chi connectivity index (χ1v) is 7.62. The highest BCUT2D eigenvalue weighted by Crippen LogP contribution is 2.17. The number of ether oxygens (including phenoxy) is 2. The number of likely N-dealkylation sites (N-methyl/N-ethyl adjacent to an activating group) is 1. The maximum absolute atomic E-state index is 12.1. The molecule has 122 valence electrons. The largest absolute Gasteiger partial charge is 0.492 e. The fraction of sp³-hybridized carbons (Fsp3) is 0.562. The Kier molecular flexibility index (Phi) is 6.64. The molecule has 1 unspecified atom stereocenters. The molecule has 1 atom stereocenters. The Bertz CT molecular complexity index is 473. The molecule has 1 aromatic rings. The minimum atomic E-state index is -0.407. The average molecular weight is 307 g/mol. The summed E-state index contributed by atoms with van der Waals surface area (Å²) >= 11 is 0. The third-order valence-corrected chi connectivity index (χ3v) is 3.44. The highest BCUT2D eigenvalue weighted by Gasteiger charge is 2.21. The van der Waals surface area contributed by atoms with E-state index in [0.29, 0.717) is 26.3 Å². The van der Waals surface area contributed by atoms with Gasteiger partial charge in [-0.25, -0.2) is 0 Å². The molecule has 1 amide bonds. The van der Waals surface area contributed by atoms with Crippen LogP contribution in [0.15, 0.2) is 24.3 Å². The Labute approximate surface area is 131 Å². The summed E-state index contributed by atoms with van der Waals surface area (Å²) in [5, 5.41) is 6.06. The first-order valence-electron chi connectivity index (χ1n) is 7.62. The van der Waals surface area contributed by atoms with Crippen molar-refractivity contribution >= 4 is 5.91 Å². The van der Waals surface area contributed by atoms with Gasteiger partial charge in [0.15, 0.2) is 0 Å². The van der Waals surface area contributed by atoms with Crippen molar-refractivity contribution in [3.8, 4) is 5.75 Å². The first-order chi connectivity index (χ1) is 10.7. The minimum Gasteiger partial charge on any atom is -0.492 e. The molecule has 22 heavy (non-hydrogen) atoms. The highest BCUT2D eigenvalue weighted by molar-refractivity contribution is 5.81. The van der Waals surface area contributed by atoms with Crippen LogP contribution in [0.5, 0.6) is 5.75 Å². The highest BCUT2D eigenvalue weighted by atomic mass is 16.5. The second-order valence-electron chi connectivity index (χ2n) is 5.54. The Balaban J connectivity index is 1.84. The van der Waals surface area contributed by atoms with E-state index in [9.17, 15) is 4.79 Å². The van der Waals surface area contributed by atoms with Crippen molar-refractivity contribution in [2.75, 3.05) is 46.9 Å². The van der Waals surface area contributed by atoms with Crippen molar-refractivity contribution in [3.63, 3.8) is 0 Å². The molecule has 0 aliphatic carbocycles. The summed E-state index contributed by atoms with van der Waals surface area (Å²) in [5.41, 5.74) is 0.971. The molecule has 1 aliphatic rings. The first kappa shape index (κ1) is 16.7. The fourth-order valence-electron chi connectivity index (χ4n) is 2.16. The van der Waals surface area contributed by atoms with Gasteiger partial charge in [0.05, 0.1) is 6.61 Å². The molecule has 6 nitrogen and oxygen atoms in total. The fourth-order valence-corrected chi connectivity index (χ4v) is 2.16. The lowest BCUT2D eigenvalue weighted by Gasteiger charge is -2.23. The van der Waals surface area contributed by atoms with Crippen molar-refractivity contribution in [1.29, 1.82) is 0 Å². The van der Waals surface area contributed by atoms with Crippen LogP contribution in [0.3, 0.4) is 0 Å². The number of hydrogen-bond donors (Lipinski definition) is 2. The van der Waals surface area contributed by atoms with Crippen molar-refractivity contribution in [2.24, 2.45) is 0 Å². The van der Waals surface area contributed by atoms with Crippen LogP contribution < -0.4 is 15.4 Å². The molecule has 1 saturated heterocycles. The molecule has 1 aromatic carbocycles. The van der Waals surface area contributed by atoms with E-state index in [1.165, 1.54) is 0 Å². The second kappa shape index (κ2) is 8.73. The van der Waals surface area contributed by atoms with Gasteiger partial charge in [-0.1, -0.05) is 18.2 Å². The second-order valence-corrected chi connectivity index (χ2v) is 5.54. The van der Waals surface area contributed by atoms with Gasteiger partial charge in [0.2, 0.25) is 0 Å². The van der Waals surface area contributed by atoms with E-state index in [1.54, 1.807) is 0 Å². The lowest BCUT2D eigenvalue weighted by atomic mass is 10.2. The number of para-hydroxylation sites is 1. The van der Waals surface area contributed by atoms with E-state index in [0.717, 1.165) is 24.4 Å². The molecule has 2 N–H and O–H groups in total. The third kappa shape index (κ3) is 5.29. The summed E-state index contributed by atoms with van der Waals surface area (Å²) in [5.74, 6) is 0.725. The smallest absolute Gasteiger partial charge is 0.250 e. The van der Waals surface area contributed by atoms with Gasteiger partial charge in [-0.15, -0.1) is 0 Å². The quantitative estimate of drug-likeness (QED) is 0.755. The number of hydrogen-bond acceptors (Lipinski definition) is 5. The molecule has 0 bridgehead atoms. The Morgan fingerprint density at radius 2 is 2.27 bits per heavy atom. The number of benzene rings is 1. The summed E-state index contributed by atoms with van der Waals surface area (Å²) in [6.45, 7) is 3.84. The van der Waals surface area contributed by atoms with Crippen LogP contribution in [-0.4, -0.2) is 63.9 Å². The lowest BCUT2D eigenvalue weighted by molar-refractivity contribution is -0.134. The third-order valence-electron chi connectivity index (χ3n) is 3.44. The minimum absolute atomic E-state index is 0.0877. The molecule has 0 aromatic heterocycles. The van der Waals surface area contributed by atoms with Gasteiger partial charge in [0.25, 0.3) is 5.91 Å². The van der Waals surface area contributed by atoms with Crippen LogP contribution >= 0.6 is 0 Å². The maximum Gasteiger partial charge on any atom is 0.250 e. The summed E-state index contributed by atoms with van der Waals surface area (Å²) in [4.78, 5) is 14.1. The Hall–Kier alpha value is -1.63. The molecule has 1 fully saturated rings. The number of rotatable bonds is 7. The molecule has 2 rings (SSSR count). The number of morpholine rings is 1. The van der Waals surface area contributed by atoms with Crippen molar-refractivity contribution in [3.05, 3.63) is 29.8 Å². The molecule has 6 heteroatoms. The van der Waals surface area contributed by atoms with Crippen LogP contribution in [0.4, 0.5) is 0 Å². The van der Waals surface area contributed by atoms with Crippen LogP contribution in [-0.2, 0) is 16.1 Å². The van der Waals surface area contributed by atoms with Crippen molar-refractivity contribution < 1.29 is 14.3 Å². The van der Waals surface area contributed by atoms with Crippen LogP contribution in [0.1, 0.15) is 5.56 Å². The molecular formula is C16H25N3O3. The molecule has 1 heterocycles. The standard InChI is InChI=1S/C16H25N3O3/c1-19(2)8-10-22-14-6-4-3-5-13(14)11-18-16(20)15-12-17-7-9-21-15/h3-6,15,17H,7-12H2,1-2H3,(H,18,20). The molecule has 0 spiro atoms. The van der Waals surface area contributed by atoms with Gasteiger partial charge in [0, 0.05) is 31.7 Å². The molecule has 0 radical (unpaired) electrons. The Morgan fingerprint density at radius 1 is 1.45 bits per heavy atom. The van der Waals surface area contributed by atoms with Gasteiger partial charge < -0.3 is 25.0 Å². The average Bonchev–Trinajstić information content (AvgIpc) is 2.54. The van der Waals surface area contributed by atoms with Gasteiger partial charge in [-0.05, 0) is 20.2 Å². The normalized spacial score (nSPS) is 18.2. The van der Waals surface area contributed by atoms with Crippen LogP contribution in [0.2, 0.25) is 0 Å². The number of nitrogens with zero attached hydrogens (tertiary/aromatic N) is 1. The Morgan fingerprint density at radius 3 is 3.00 bits per heavy atom. The van der Waals surface area contributed by atoms with Crippen molar-refractivity contribution in [1.82, 2.24) is 15.5 Å². The monoisotopic (exact) mass is 307 g/mol. The molecule has 1 aliphatic heterocycles. The zero-order valence-corrected chi connectivity index (χ0v) is 13.3. The topological polar surface area (TPSA) is 62.8 Å². The van der Waals surface area contributed by atoms with Crippen LogP contribution in [0.25, 0.3) is 0 Å². The summed E-state index contributed by atoms with van der Waals surface area (Å²) in [6.07, 6.45) is -0.407. The maximum atomic E-state index is 12.1. The van der Waals surface area contributed by atoms with E-state index >= 15 is 0 Å². The zero-order valence-electron chi connectivity index (χ0n) is 13.3. The predicted octanol–water partition coefficient (Wildman–Crippen LogP) is 0.232. The summed E-state index contributed by atoms with van der Waals surface area (Å²) in [6, 6.07) is 7.77. The van der Waals surface area contributed by atoms with Gasteiger partial charge in [-0.3, -0.25) is 4.79 Å². The van der Waals surface area contributed by atoms with E-state index in [-0.39, 0.29) is 5.91 Å². The van der Waals surface area contributed by atoms with Crippen LogP contribution in [0, 0.1) is 0 Å². The summed E-state index contributed by atoms with van der Waals surface area (Å²) < 4.78 is 11.2. The number of amides is 1. The summed E-state index contributed by atoms with van der Waals surface area (Å²) in [7, 11) is 4.02. The lowest BCUT2D eigenvalue weighted by Crippen LogP contribution is -2.47. The van der Waals surface area contributed by atoms with E-state index in [4.69, 9.17) is 9.47 Å². The zero-order chi connectivity index (χ0) is 15.8. The number of nitrogens with one attached hydrogen (secondary N) is 2. The van der Waals surface area contributed by atoms with E-state index in [2.05, 4.69) is 15.5 Å². The molecular weight excluding hydrogens is 282 g/mol. The van der Waals surface area contributed by atoms with E-state index in [1.807, 2.05) is 38.4 Å². The van der Waals surface area contributed by atoms with Gasteiger partial charge >= 0.3 is 0 Å². The van der Waals surface area contributed by atoms with Gasteiger partial charge in [0.1, 0.15) is 18.5 Å². The number of carbonyl (C=O) groups excluding carboxylic acids is 1. The van der Waals surface area contributed by atoms with E-state index < -0.39 is 6.10 Å². The predicted molar refractivity (Wildman–Crippen MR) is 84.9 cm³/mol. The number of carbonyl (C=O) groups is 1. The SMILES string of the molecule is CN(C)CCOc1ccccc1CNC(=O)C1CNCCO1. The van der Waals surface area contributed by atoms with Crippen molar-refractivity contribution in [2.45, 2.75) is 12.6 Å². The van der Waals surface area contributed by atoms with Gasteiger partial charge in [-0.2, -0.15) is 0 Å².